The number of hydrogen-bond acceptors (Lipinski definition) is 6. The van der Waals surface area contributed by atoms with Crippen LogP contribution in [0.2, 0.25) is 0 Å². The number of nitrogens with one attached hydrogen (secondary N) is 3. The van der Waals surface area contributed by atoms with Crippen LogP contribution in [0.5, 0.6) is 0 Å². The van der Waals surface area contributed by atoms with E-state index in [1.165, 1.54) is 25.7 Å². The second kappa shape index (κ2) is 9.44. The number of rotatable bonds is 6. The maximum absolute atomic E-state index is 13.5. The molecule has 0 aromatic heterocycles. The normalized spacial score (nSPS) is 27.8. The Morgan fingerprint density at radius 2 is 1.92 bits per heavy atom. The highest BCUT2D eigenvalue weighted by Crippen LogP contribution is 2.65. The molecule has 3 rings (SSSR count). The highest BCUT2D eigenvalue weighted by molar-refractivity contribution is 5.94. The molecule has 0 unspecified atom stereocenters. The van der Waals surface area contributed by atoms with Gasteiger partial charge in [-0.2, -0.15) is 18.4 Å². The van der Waals surface area contributed by atoms with E-state index in [9.17, 15) is 37.6 Å². The molecule has 0 spiro atoms. The Bertz CT molecular complexity index is 970. The lowest BCUT2D eigenvalue weighted by molar-refractivity contribution is -0.176. The lowest BCUT2D eigenvalue weighted by atomic mass is 9.85. The predicted molar refractivity (Wildman–Crippen MR) is 120 cm³/mol. The van der Waals surface area contributed by atoms with Gasteiger partial charge in [-0.05, 0) is 35.5 Å². The summed E-state index contributed by atoms with van der Waals surface area (Å²) in [4.78, 5) is 51.8. The first kappa shape index (κ1) is 27.5. The number of nitriles is 1. The summed E-state index contributed by atoms with van der Waals surface area (Å²) < 4.78 is 38.9. The average molecular weight is 515 g/mol. The summed E-state index contributed by atoms with van der Waals surface area (Å²) in [6.07, 6.45) is -2.04. The summed E-state index contributed by atoms with van der Waals surface area (Å²) in [6.45, 7) is 9.08. The van der Waals surface area contributed by atoms with E-state index < -0.39 is 47.3 Å². The molecule has 2 aliphatic heterocycles. The molecule has 5 atom stereocenters. The second-order valence-corrected chi connectivity index (χ2v) is 11.5. The van der Waals surface area contributed by atoms with Crippen molar-refractivity contribution >= 4 is 23.6 Å². The van der Waals surface area contributed by atoms with E-state index in [4.69, 9.17) is 0 Å². The fourth-order valence-electron chi connectivity index (χ4n) is 5.38. The van der Waals surface area contributed by atoms with Gasteiger partial charge < -0.3 is 15.5 Å². The quantitative estimate of drug-likeness (QED) is 0.274. The number of likely N-dealkylation sites (tertiary alicyclic amines) is 1. The van der Waals surface area contributed by atoms with Crippen LogP contribution in [0.1, 0.15) is 47.5 Å². The number of halogens is 3. The molecule has 2 saturated heterocycles. The van der Waals surface area contributed by atoms with Gasteiger partial charge in [-0.3, -0.25) is 24.6 Å². The molecule has 36 heavy (non-hydrogen) atoms. The maximum Gasteiger partial charge on any atom is 0.471 e. The summed E-state index contributed by atoms with van der Waals surface area (Å²) in [5.41, 5.74) is 1.13. The number of hydrogen-bond donors (Lipinski definition) is 3. The first-order valence-electron chi connectivity index (χ1n) is 11.9. The average Bonchev–Trinajstić information content (AvgIpc) is 3.09. The van der Waals surface area contributed by atoms with Crippen molar-refractivity contribution in [3.05, 3.63) is 0 Å². The Hall–Kier alpha value is -3.04. The largest absolute Gasteiger partial charge is 0.471 e. The van der Waals surface area contributed by atoms with E-state index in [-0.39, 0.29) is 36.2 Å². The van der Waals surface area contributed by atoms with Crippen molar-refractivity contribution < 1.29 is 32.3 Å². The lowest BCUT2D eigenvalue weighted by Gasteiger charge is -2.38. The zero-order valence-electron chi connectivity index (χ0n) is 21.0. The van der Waals surface area contributed by atoms with Crippen LogP contribution in [0.25, 0.3) is 0 Å². The molecule has 1 aliphatic carbocycles. The molecular formula is C23H33F3N6O4. The molecule has 10 nitrogen and oxygen atoms in total. The van der Waals surface area contributed by atoms with Gasteiger partial charge in [-0.15, -0.1) is 0 Å². The Balaban J connectivity index is 1.80. The molecule has 2 heterocycles. The molecule has 0 aromatic rings. The minimum Gasteiger partial charge on any atom is -0.356 e. The third kappa shape index (κ3) is 5.37. The summed E-state index contributed by atoms with van der Waals surface area (Å²) in [6, 6.07) is -2.57. The summed E-state index contributed by atoms with van der Waals surface area (Å²) in [5, 5.41) is 15.0. The number of amides is 4. The fraction of sp³-hybridized carbons (Fsp3) is 0.783. The first-order chi connectivity index (χ1) is 16.5. The summed E-state index contributed by atoms with van der Waals surface area (Å²) in [7, 11) is 0. The first-order valence-corrected chi connectivity index (χ1v) is 11.9. The Morgan fingerprint density at radius 3 is 2.44 bits per heavy atom. The van der Waals surface area contributed by atoms with E-state index in [1.807, 2.05) is 20.0 Å². The molecule has 0 bridgehead atoms. The predicted octanol–water partition coefficient (Wildman–Crippen LogP) is 0.903. The second-order valence-electron chi connectivity index (χ2n) is 11.5. The van der Waals surface area contributed by atoms with Crippen LogP contribution in [0.15, 0.2) is 0 Å². The number of carbonyl (C=O) groups is 4. The van der Waals surface area contributed by atoms with Crippen molar-refractivity contribution in [2.75, 3.05) is 19.6 Å². The number of nitrogens with zero attached hydrogens (tertiary/aromatic N) is 3. The smallest absolute Gasteiger partial charge is 0.356 e. The van der Waals surface area contributed by atoms with Crippen LogP contribution in [0.3, 0.4) is 0 Å². The molecular weight excluding hydrogens is 481 g/mol. The van der Waals surface area contributed by atoms with Crippen molar-refractivity contribution in [2.24, 2.45) is 28.6 Å². The molecule has 0 aromatic carbocycles. The fourth-order valence-corrected chi connectivity index (χ4v) is 5.38. The van der Waals surface area contributed by atoms with Gasteiger partial charge in [0.15, 0.2) is 6.19 Å². The lowest BCUT2D eigenvalue weighted by Crippen LogP contribution is -2.61. The van der Waals surface area contributed by atoms with Crippen LogP contribution in [0.4, 0.5) is 13.2 Å². The van der Waals surface area contributed by atoms with Crippen molar-refractivity contribution in [3.63, 3.8) is 0 Å². The molecule has 0 radical (unpaired) electrons. The Morgan fingerprint density at radius 1 is 1.28 bits per heavy atom. The van der Waals surface area contributed by atoms with Gasteiger partial charge in [-0.25, -0.2) is 5.01 Å². The van der Waals surface area contributed by atoms with E-state index in [1.54, 1.807) is 5.32 Å². The molecule has 3 N–H and O–H groups in total. The summed E-state index contributed by atoms with van der Waals surface area (Å²) >= 11 is 0. The number of fused-ring (bicyclic) bond motifs is 1. The zero-order valence-corrected chi connectivity index (χ0v) is 21.0. The third-order valence-corrected chi connectivity index (χ3v) is 7.57. The highest BCUT2D eigenvalue weighted by Gasteiger charge is 2.70. The van der Waals surface area contributed by atoms with Gasteiger partial charge >= 0.3 is 12.1 Å². The van der Waals surface area contributed by atoms with Crippen molar-refractivity contribution in [1.82, 2.24) is 26.0 Å². The number of piperidine rings is 2. The van der Waals surface area contributed by atoms with Gasteiger partial charge in [-0.1, -0.05) is 34.6 Å². The van der Waals surface area contributed by atoms with Crippen molar-refractivity contribution in [1.29, 1.82) is 5.26 Å². The van der Waals surface area contributed by atoms with E-state index in [2.05, 4.69) is 10.7 Å². The van der Waals surface area contributed by atoms with Gasteiger partial charge in [0.05, 0.1) is 12.5 Å². The van der Waals surface area contributed by atoms with Crippen LogP contribution in [0, 0.1) is 40.0 Å². The van der Waals surface area contributed by atoms with Crippen LogP contribution >= 0.6 is 0 Å². The minimum atomic E-state index is -5.17. The minimum absolute atomic E-state index is 0.0432. The maximum atomic E-state index is 13.5. The third-order valence-electron chi connectivity index (χ3n) is 7.57. The van der Waals surface area contributed by atoms with E-state index in [0.29, 0.717) is 13.0 Å². The van der Waals surface area contributed by atoms with Gasteiger partial charge in [0, 0.05) is 13.1 Å². The van der Waals surface area contributed by atoms with Crippen LogP contribution in [-0.2, 0) is 19.2 Å². The van der Waals surface area contributed by atoms with E-state index in [0.717, 1.165) is 11.4 Å². The Kier molecular flexibility index (Phi) is 7.22. The zero-order chi connectivity index (χ0) is 27.2. The van der Waals surface area contributed by atoms with Crippen molar-refractivity contribution in [3.8, 4) is 6.19 Å². The standard InChI is InChI=1S/C23H33F3N6O4/c1-21(2,3)16(29-20(36)23(24,25)26)19(35)32-10-13-14(22(13,4)5)15(32)18(34)30-31(11-27)9-12-7-6-8-28-17(12)33/h12-16H,6-10H2,1-5H3,(H,28,33)(H,29,36)(H,30,34)/t12-,13-,14-,15-,16+/m0/s1. The van der Waals surface area contributed by atoms with Crippen LogP contribution < -0.4 is 16.1 Å². The SMILES string of the molecule is CC(C)(C)[C@H](NC(=O)C(F)(F)F)C(=O)N1C[C@H]2[C@@H]([C@H]1C(=O)NN(C#N)C[C@@H]1CCCNC1=O)C2(C)C. The molecule has 1 saturated carbocycles. The Labute approximate surface area is 207 Å². The van der Waals surface area contributed by atoms with Crippen molar-refractivity contribution in [2.45, 2.75) is 65.7 Å². The van der Waals surface area contributed by atoms with Gasteiger partial charge in [0.25, 0.3) is 5.91 Å². The molecule has 3 fully saturated rings. The van der Waals surface area contributed by atoms with Crippen LogP contribution in [-0.4, -0.2) is 71.4 Å². The molecule has 200 valence electrons. The number of carbonyl (C=O) groups excluding carboxylic acids is 4. The monoisotopic (exact) mass is 514 g/mol. The topological polar surface area (TPSA) is 135 Å². The van der Waals surface area contributed by atoms with Gasteiger partial charge in [0.1, 0.15) is 12.1 Å². The molecule has 4 amide bonds. The number of alkyl halides is 3. The molecule has 3 aliphatic rings. The summed E-state index contributed by atoms with van der Waals surface area (Å²) in [5.74, 6) is -4.72. The van der Waals surface area contributed by atoms with E-state index >= 15 is 0 Å². The molecule has 13 heteroatoms. The highest BCUT2D eigenvalue weighted by atomic mass is 19.4. The number of hydrazine groups is 1. The van der Waals surface area contributed by atoms with Gasteiger partial charge in [0.2, 0.25) is 11.8 Å².